The van der Waals surface area contributed by atoms with Gasteiger partial charge in [-0.1, -0.05) is 42.5 Å². The highest BCUT2D eigenvalue weighted by Gasteiger charge is 2.01. The van der Waals surface area contributed by atoms with Crippen LogP contribution < -0.4 is 4.74 Å². The molecular weight excluding hydrogens is 274 g/mol. The zero-order valence-electron chi connectivity index (χ0n) is 12.2. The molecule has 1 aromatic heterocycles. The quantitative estimate of drug-likeness (QED) is 0.644. The minimum atomic E-state index is 0.563. The number of benzene rings is 2. The van der Waals surface area contributed by atoms with Crippen LogP contribution in [-0.2, 0) is 13.2 Å². The number of aromatic nitrogens is 1. The van der Waals surface area contributed by atoms with E-state index in [2.05, 4.69) is 0 Å². The fraction of sp³-hybridized carbons (Fsp3) is 0.105. The van der Waals surface area contributed by atoms with Crippen LogP contribution in [0.2, 0.25) is 0 Å². The Morgan fingerprint density at radius 1 is 0.864 bits per heavy atom. The molecule has 3 aromatic rings. The van der Waals surface area contributed by atoms with Gasteiger partial charge in [0.25, 0.3) is 0 Å². The first-order valence-corrected chi connectivity index (χ1v) is 7.21. The molecule has 2 aromatic carbocycles. The molecule has 0 radical (unpaired) electrons. The van der Waals surface area contributed by atoms with Crippen LogP contribution in [0.4, 0.5) is 0 Å². The standard InChI is InChI=1S/C19H17NO2/c21-14-18-7-4-12-20(18)13-16-8-10-19(11-9-16)22-15-17-5-2-1-3-6-17/h1-12,14H,13,15H2. The molecule has 0 fully saturated rings. The Morgan fingerprint density at radius 3 is 2.36 bits per heavy atom. The van der Waals surface area contributed by atoms with Crippen LogP contribution in [-0.4, -0.2) is 10.9 Å². The summed E-state index contributed by atoms with van der Waals surface area (Å²) in [4.78, 5) is 10.9. The topological polar surface area (TPSA) is 31.2 Å². The summed E-state index contributed by atoms with van der Waals surface area (Å²) in [6.07, 6.45) is 2.78. The van der Waals surface area contributed by atoms with Gasteiger partial charge in [-0.05, 0) is 35.4 Å². The monoisotopic (exact) mass is 291 g/mol. The lowest BCUT2D eigenvalue weighted by molar-refractivity contribution is 0.111. The Hall–Kier alpha value is -2.81. The van der Waals surface area contributed by atoms with Crippen LogP contribution in [0.5, 0.6) is 5.75 Å². The van der Waals surface area contributed by atoms with Crippen molar-refractivity contribution in [3.63, 3.8) is 0 Å². The van der Waals surface area contributed by atoms with Crippen molar-refractivity contribution in [2.45, 2.75) is 13.2 Å². The number of rotatable bonds is 6. The summed E-state index contributed by atoms with van der Waals surface area (Å²) in [6, 6.07) is 21.7. The van der Waals surface area contributed by atoms with E-state index in [0.29, 0.717) is 18.8 Å². The number of carbonyl (C=O) groups excluding carboxylic acids is 1. The van der Waals surface area contributed by atoms with Gasteiger partial charge in [0.1, 0.15) is 12.4 Å². The number of nitrogens with zero attached hydrogens (tertiary/aromatic N) is 1. The van der Waals surface area contributed by atoms with E-state index in [0.717, 1.165) is 23.2 Å². The third-order valence-corrected chi connectivity index (χ3v) is 3.51. The van der Waals surface area contributed by atoms with Crippen molar-refractivity contribution < 1.29 is 9.53 Å². The first-order valence-electron chi connectivity index (χ1n) is 7.21. The Bertz CT molecular complexity index is 730. The summed E-state index contributed by atoms with van der Waals surface area (Å²) in [5.74, 6) is 0.843. The second-order valence-electron chi connectivity index (χ2n) is 5.10. The van der Waals surface area contributed by atoms with Crippen LogP contribution in [0.25, 0.3) is 0 Å². The van der Waals surface area contributed by atoms with Crippen LogP contribution >= 0.6 is 0 Å². The Kier molecular flexibility index (Phi) is 4.35. The van der Waals surface area contributed by atoms with E-state index >= 15 is 0 Å². The van der Waals surface area contributed by atoms with Gasteiger partial charge >= 0.3 is 0 Å². The predicted octanol–water partition coefficient (Wildman–Crippen LogP) is 3.93. The fourth-order valence-electron chi connectivity index (χ4n) is 2.31. The van der Waals surface area contributed by atoms with Crippen molar-refractivity contribution >= 4 is 6.29 Å². The van der Waals surface area contributed by atoms with Crippen LogP contribution in [0, 0.1) is 0 Å². The maximum Gasteiger partial charge on any atom is 0.166 e. The summed E-state index contributed by atoms with van der Waals surface area (Å²) in [6.45, 7) is 1.24. The highest BCUT2D eigenvalue weighted by atomic mass is 16.5. The molecule has 22 heavy (non-hydrogen) atoms. The maximum absolute atomic E-state index is 10.9. The van der Waals surface area contributed by atoms with Crippen molar-refractivity contribution in [3.05, 3.63) is 89.7 Å². The summed E-state index contributed by atoms with van der Waals surface area (Å²) >= 11 is 0. The van der Waals surface area contributed by atoms with Gasteiger partial charge < -0.3 is 9.30 Å². The van der Waals surface area contributed by atoms with E-state index in [1.54, 1.807) is 0 Å². The Morgan fingerprint density at radius 2 is 1.64 bits per heavy atom. The lowest BCUT2D eigenvalue weighted by atomic mass is 10.2. The number of ether oxygens (including phenoxy) is 1. The van der Waals surface area contributed by atoms with Gasteiger partial charge in [-0.25, -0.2) is 0 Å². The van der Waals surface area contributed by atoms with Gasteiger partial charge in [-0.2, -0.15) is 0 Å². The number of hydrogen-bond donors (Lipinski definition) is 0. The number of aldehydes is 1. The zero-order chi connectivity index (χ0) is 15.2. The predicted molar refractivity (Wildman–Crippen MR) is 86.1 cm³/mol. The molecule has 0 amide bonds. The van der Waals surface area contributed by atoms with Gasteiger partial charge in [-0.15, -0.1) is 0 Å². The zero-order valence-corrected chi connectivity index (χ0v) is 12.2. The molecule has 3 rings (SSSR count). The molecule has 0 aliphatic heterocycles. The molecule has 110 valence electrons. The Balaban J connectivity index is 1.62. The Labute approximate surface area is 129 Å². The van der Waals surface area contributed by atoms with Crippen molar-refractivity contribution in [2.75, 3.05) is 0 Å². The molecule has 0 atom stereocenters. The average molecular weight is 291 g/mol. The van der Waals surface area contributed by atoms with Crippen LogP contribution in [0.3, 0.4) is 0 Å². The summed E-state index contributed by atoms with van der Waals surface area (Å²) in [7, 11) is 0. The SMILES string of the molecule is O=Cc1cccn1Cc1ccc(OCc2ccccc2)cc1. The van der Waals surface area contributed by atoms with Crippen molar-refractivity contribution in [2.24, 2.45) is 0 Å². The highest BCUT2D eigenvalue weighted by molar-refractivity contribution is 5.72. The van der Waals surface area contributed by atoms with Gasteiger partial charge in [0.15, 0.2) is 6.29 Å². The molecule has 0 saturated heterocycles. The molecule has 0 aliphatic carbocycles. The minimum absolute atomic E-state index is 0.563. The molecule has 0 N–H and O–H groups in total. The van der Waals surface area contributed by atoms with E-state index in [1.165, 1.54) is 0 Å². The lowest BCUT2D eigenvalue weighted by Crippen LogP contribution is -2.02. The van der Waals surface area contributed by atoms with Crippen molar-refractivity contribution in [1.82, 2.24) is 4.57 Å². The molecule has 0 spiro atoms. The molecule has 1 heterocycles. The second kappa shape index (κ2) is 6.76. The third-order valence-electron chi connectivity index (χ3n) is 3.51. The number of carbonyl (C=O) groups is 1. The first kappa shape index (κ1) is 14.1. The van der Waals surface area contributed by atoms with Crippen molar-refractivity contribution in [3.8, 4) is 5.75 Å². The molecule has 0 saturated carbocycles. The summed E-state index contributed by atoms with van der Waals surface area (Å²) in [5, 5.41) is 0. The smallest absolute Gasteiger partial charge is 0.166 e. The largest absolute Gasteiger partial charge is 0.489 e. The molecule has 3 heteroatoms. The van der Waals surface area contributed by atoms with E-state index in [9.17, 15) is 4.79 Å². The lowest BCUT2D eigenvalue weighted by Gasteiger charge is -2.09. The van der Waals surface area contributed by atoms with Crippen molar-refractivity contribution in [1.29, 1.82) is 0 Å². The first-order chi connectivity index (χ1) is 10.8. The van der Waals surface area contributed by atoms with Gasteiger partial charge in [-0.3, -0.25) is 4.79 Å². The van der Waals surface area contributed by atoms with Gasteiger partial charge in [0.2, 0.25) is 0 Å². The molecule has 0 bridgehead atoms. The normalized spacial score (nSPS) is 10.4. The maximum atomic E-state index is 10.9. The van der Waals surface area contributed by atoms with Crippen LogP contribution in [0.15, 0.2) is 72.9 Å². The van der Waals surface area contributed by atoms with Gasteiger partial charge in [0.05, 0.1) is 5.69 Å². The number of hydrogen-bond acceptors (Lipinski definition) is 2. The van der Waals surface area contributed by atoms with E-state index in [1.807, 2.05) is 77.5 Å². The van der Waals surface area contributed by atoms with E-state index in [4.69, 9.17) is 4.74 Å². The molecule has 0 aliphatic rings. The van der Waals surface area contributed by atoms with E-state index < -0.39 is 0 Å². The molecular formula is C19H17NO2. The molecule has 0 unspecified atom stereocenters. The molecule has 3 nitrogen and oxygen atoms in total. The summed E-state index contributed by atoms with van der Waals surface area (Å²) in [5.41, 5.74) is 2.96. The van der Waals surface area contributed by atoms with Crippen LogP contribution in [0.1, 0.15) is 21.6 Å². The minimum Gasteiger partial charge on any atom is -0.489 e. The van der Waals surface area contributed by atoms with Gasteiger partial charge in [0, 0.05) is 12.7 Å². The fourth-order valence-corrected chi connectivity index (χ4v) is 2.31. The third kappa shape index (κ3) is 3.44. The summed E-state index contributed by atoms with van der Waals surface area (Å²) < 4.78 is 7.69. The second-order valence-corrected chi connectivity index (χ2v) is 5.10. The average Bonchev–Trinajstić information content (AvgIpc) is 3.02. The van der Waals surface area contributed by atoms with E-state index in [-0.39, 0.29) is 0 Å². The highest BCUT2D eigenvalue weighted by Crippen LogP contribution is 2.15.